The molecule has 1 N–H and O–H groups in total. The Morgan fingerprint density at radius 2 is 1.69 bits per heavy atom. The number of esters is 1. The molecule has 2 aromatic carbocycles. The first-order chi connectivity index (χ1) is 20.3. The van der Waals surface area contributed by atoms with Crippen LogP contribution in [0.4, 0.5) is 0 Å². The summed E-state index contributed by atoms with van der Waals surface area (Å²) in [7, 11) is 0. The smallest absolute Gasteiger partial charge is 0.328 e. The summed E-state index contributed by atoms with van der Waals surface area (Å²) in [6.45, 7) is 10.1. The van der Waals surface area contributed by atoms with Gasteiger partial charge in [0.25, 0.3) is 0 Å². The van der Waals surface area contributed by atoms with Gasteiger partial charge in [-0.25, -0.2) is 10.2 Å². The summed E-state index contributed by atoms with van der Waals surface area (Å²) in [4.78, 5) is 25.2. The number of hydrogen-bond donors (Lipinski definition) is 1. The van der Waals surface area contributed by atoms with Crippen molar-refractivity contribution < 1.29 is 23.5 Å². The molecule has 0 spiro atoms. The highest BCUT2D eigenvalue weighted by Crippen LogP contribution is 2.28. The number of hydrogen-bond acceptors (Lipinski definition) is 6. The van der Waals surface area contributed by atoms with Gasteiger partial charge in [0.05, 0.1) is 12.8 Å². The van der Waals surface area contributed by atoms with E-state index in [1.807, 2.05) is 60.0 Å². The van der Waals surface area contributed by atoms with Gasteiger partial charge in [-0.3, -0.25) is 4.79 Å². The van der Waals surface area contributed by atoms with Gasteiger partial charge in [-0.15, -0.1) is 0 Å². The Kier molecular flexibility index (Phi) is 8.28. The Labute approximate surface area is 244 Å². The third-order valence-corrected chi connectivity index (χ3v) is 7.21. The molecule has 5 aromatic rings. The molecule has 0 saturated heterocycles. The molecule has 3 aromatic heterocycles. The van der Waals surface area contributed by atoms with Crippen LogP contribution < -0.4 is 10.2 Å². The molecule has 1 amide bonds. The van der Waals surface area contributed by atoms with Crippen LogP contribution >= 0.6 is 0 Å². The second-order valence-electron chi connectivity index (χ2n) is 10.0. The van der Waals surface area contributed by atoms with Crippen molar-refractivity contribution in [3.05, 3.63) is 107 Å². The number of amides is 1. The average Bonchev–Trinajstić information content (AvgIpc) is 3.68. The summed E-state index contributed by atoms with van der Waals surface area (Å²) in [6, 6.07) is 22.5. The summed E-state index contributed by atoms with van der Waals surface area (Å²) in [5.74, 6) is 0.530. The first kappa shape index (κ1) is 28.5. The number of ether oxygens (including phenoxy) is 2. The van der Waals surface area contributed by atoms with E-state index < -0.39 is 11.9 Å². The van der Waals surface area contributed by atoms with Crippen molar-refractivity contribution >= 4 is 29.0 Å². The van der Waals surface area contributed by atoms with E-state index in [2.05, 4.69) is 41.1 Å². The summed E-state index contributed by atoms with van der Waals surface area (Å²) >= 11 is 0. The Morgan fingerprint density at radius 1 is 0.976 bits per heavy atom. The number of benzene rings is 2. The van der Waals surface area contributed by atoms with Gasteiger partial charge < -0.3 is 23.0 Å². The van der Waals surface area contributed by atoms with Gasteiger partial charge in [0.2, 0.25) is 0 Å². The first-order valence-corrected chi connectivity index (χ1v) is 13.8. The van der Waals surface area contributed by atoms with E-state index in [1.54, 1.807) is 32.2 Å². The van der Waals surface area contributed by atoms with Crippen LogP contribution in [0.3, 0.4) is 0 Å². The van der Waals surface area contributed by atoms with Crippen LogP contribution in [0.15, 0.2) is 82.3 Å². The van der Waals surface area contributed by atoms with Gasteiger partial charge >= 0.3 is 11.9 Å². The Balaban J connectivity index is 1.22. The minimum atomic E-state index is -0.513. The second-order valence-corrected chi connectivity index (χ2v) is 10.0. The maximum atomic E-state index is 12.7. The van der Waals surface area contributed by atoms with Crippen molar-refractivity contribution in [1.29, 1.82) is 0 Å². The molecule has 0 unspecified atom stereocenters. The summed E-state index contributed by atoms with van der Waals surface area (Å²) in [5.41, 5.74) is 8.43. The van der Waals surface area contributed by atoms with Crippen LogP contribution in [0.5, 0.6) is 5.75 Å². The molecule has 0 fully saturated rings. The highest BCUT2D eigenvalue weighted by atomic mass is 16.5. The van der Waals surface area contributed by atoms with Gasteiger partial charge in [0.1, 0.15) is 24.2 Å². The molecule has 0 bridgehead atoms. The molecule has 0 saturated carbocycles. The number of furan rings is 1. The van der Waals surface area contributed by atoms with Gasteiger partial charge in [0, 0.05) is 39.2 Å². The minimum Gasteiger partial charge on any atom is -0.486 e. The fraction of sp³-hybridized carbons (Fsp3) is 0.242. The van der Waals surface area contributed by atoms with Crippen LogP contribution in [-0.2, 0) is 16.1 Å². The van der Waals surface area contributed by atoms with Crippen molar-refractivity contribution in [3.63, 3.8) is 0 Å². The highest BCUT2D eigenvalue weighted by Gasteiger charge is 2.22. The normalized spacial score (nSPS) is 12.1. The maximum absolute atomic E-state index is 12.7. The molecule has 9 heteroatoms. The van der Waals surface area contributed by atoms with Crippen molar-refractivity contribution in [3.8, 4) is 11.4 Å². The number of nitrogens with zero attached hydrogens (tertiary/aromatic N) is 3. The van der Waals surface area contributed by atoms with Crippen LogP contribution in [0.1, 0.15) is 58.8 Å². The van der Waals surface area contributed by atoms with E-state index in [-0.39, 0.29) is 18.3 Å². The second kappa shape index (κ2) is 12.2. The number of carbonyl (C=O) groups is 2. The van der Waals surface area contributed by atoms with Crippen LogP contribution in [0.25, 0.3) is 16.6 Å². The lowest BCUT2D eigenvalue weighted by atomic mass is 10.1. The lowest BCUT2D eigenvalue weighted by Gasteiger charge is -2.16. The predicted molar refractivity (Wildman–Crippen MR) is 161 cm³/mol. The number of nitrogens with one attached hydrogen (secondary N) is 1. The van der Waals surface area contributed by atoms with Crippen molar-refractivity contribution in [1.82, 2.24) is 14.6 Å². The zero-order valence-electron chi connectivity index (χ0n) is 24.4. The molecule has 216 valence electrons. The molecule has 3 heterocycles. The topological polar surface area (TPSA) is 100.0 Å². The zero-order valence-corrected chi connectivity index (χ0v) is 24.4. The standard InChI is InChI=1S/C33H34N4O5/c1-6-40-33(39)24(5)37-23(4)29(28-9-7-8-10-30(28)37)19-34-35-32(38)31-18-17-27(42-31)20-41-26-15-13-25(14-16-26)36-21(2)11-12-22(36)3/h7-19,24H,6,20H2,1-5H3,(H,35,38)/b34-19+/t24-/m1/s1. The van der Waals surface area contributed by atoms with E-state index in [0.717, 1.165) is 39.2 Å². The highest BCUT2D eigenvalue weighted by molar-refractivity contribution is 6.02. The van der Waals surface area contributed by atoms with Gasteiger partial charge in [0.15, 0.2) is 5.76 Å². The first-order valence-electron chi connectivity index (χ1n) is 13.8. The Hall–Kier alpha value is -5.05. The fourth-order valence-corrected chi connectivity index (χ4v) is 5.16. The monoisotopic (exact) mass is 566 g/mol. The molecule has 0 aliphatic rings. The summed E-state index contributed by atoms with van der Waals surface area (Å²) in [6.07, 6.45) is 1.58. The molecule has 0 radical (unpaired) electrons. The lowest BCUT2D eigenvalue weighted by Crippen LogP contribution is -2.20. The predicted octanol–water partition coefficient (Wildman–Crippen LogP) is 6.42. The number of aryl methyl sites for hydroxylation is 2. The molecule has 1 atom stereocenters. The number of hydrazone groups is 1. The number of para-hydroxylation sites is 1. The zero-order chi connectivity index (χ0) is 29.8. The molecule has 0 aliphatic heterocycles. The molecule has 42 heavy (non-hydrogen) atoms. The lowest BCUT2D eigenvalue weighted by molar-refractivity contribution is -0.146. The van der Waals surface area contributed by atoms with Crippen LogP contribution in [-0.4, -0.2) is 33.8 Å². The largest absolute Gasteiger partial charge is 0.486 e. The van der Waals surface area contributed by atoms with Crippen molar-refractivity contribution in [2.24, 2.45) is 5.10 Å². The number of rotatable bonds is 10. The third kappa shape index (κ3) is 5.72. The number of fused-ring (bicyclic) bond motifs is 1. The summed E-state index contributed by atoms with van der Waals surface area (Å²) < 4.78 is 20.9. The van der Waals surface area contributed by atoms with Gasteiger partial charge in [-0.2, -0.15) is 5.10 Å². The van der Waals surface area contributed by atoms with Crippen LogP contribution in [0, 0.1) is 20.8 Å². The van der Waals surface area contributed by atoms with E-state index in [4.69, 9.17) is 13.9 Å². The minimum absolute atomic E-state index is 0.120. The molecular formula is C33H34N4O5. The SMILES string of the molecule is CCOC(=O)[C@@H](C)n1c(C)c(/C=N/NC(=O)c2ccc(COc3ccc(-n4c(C)ccc4C)cc3)o2)c2ccccc21. The Morgan fingerprint density at radius 3 is 2.40 bits per heavy atom. The molecule has 9 nitrogen and oxygen atoms in total. The molecular weight excluding hydrogens is 532 g/mol. The van der Waals surface area contributed by atoms with E-state index in [9.17, 15) is 9.59 Å². The maximum Gasteiger partial charge on any atom is 0.328 e. The third-order valence-electron chi connectivity index (χ3n) is 7.21. The average molecular weight is 567 g/mol. The summed E-state index contributed by atoms with van der Waals surface area (Å²) in [5, 5.41) is 5.09. The van der Waals surface area contributed by atoms with E-state index in [1.165, 1.54) is 0 Å². The Bertz CT molecular complexity index is 1740. The van der Waals surface area contributed by atoms with E-state index >= 15 is 0 Å². The van der Waals surface area contributed by atoms with Crippen LogP contribution in [0.2, 0.25) is 0 Å². The van der Waals surface area contributed by atoms with Crippen molar-refractivity contribution in [2.75, 3.05) is 6.61 Å². The quantitative estimate of drug-likeness (QED) is 0.120. The number of carbonyl (C=O) groups excluding carboxylic acids is 2. The number of aromatic nitrogens is 2. The van der Waals surface area contributed by atoms with E-state index in [0.29, 0.717) is 18.1 Å². The van der Waals surface area contributed by atoms with Gasteiger partial charge in [-0.1, -0.05) is 18.2 Å². The van der Waals surface area contributed by atoms with Gasteiger partial charge in [-0.05, 0) is 89.2 Å². The molecule has 0 aliphatic carbocycles. The fourth-order valence-electron chi connectivity index (χ4n) is 5.16. The van der Waals surface area contributed by atoms with Crippen molar-refractivity contribution in [2.45, 2.75) is 47.3 Å². The molecule has 5 rings (SSSR count).